The summed E-state index contributed by atoms with van der Waals surface area (Å²) in [7, 11) is 0. The van der Waals surface area contributed by atoms with Crippen molar-refractivity contribution in [2.75, 3.05) is 4.90 Å². The summed E-state index contributed by atoms with van der Waals surface area (Å²) in [6.45, 7) is 0. The molecule has 5 aliphatic carbocycles. The van der Waals surface area contributed by atoms with Crippen LogP contribution in [0.1, 0.15) is 71.9 Å². The fourth-order valence-corrected chi connectivity index (χ4v) is 11.6. The number of para-hydroxylation sites is 1. The van der Waals surface area contributed by atoms with E-state index in [1.165, 1.54) is 121 Å². The van der Waals surface area contributed by atoms with Crippen molar-refractivity contribution in [1.82, 2.24) is 0 Å². The third-order valence-electron chi connectivity index (χ3n) is 13.7. The highest BCUT2D eigenvalue weighted by atomic mass is 15.1. The first kappa shape index (κ1) is 31.2. The molecule has 0 amide bonds. The van der Waals surface area contributed by atoms with E-state index < -0.39 is 0 Å². The van der Waals surface area contributed by atoms with E-state index in [4.69, 9.17) is 0 Å². The van der Waals surface area contributed by atoms with Crippen LogP contribution in [0.2, 0.25) is 0 Å². The number of hydrogen-bond acceptors (Lipinski definition) is 1. The van der Waals surface area contributed by atoms with Crippen molar-refractivity contribution in [2.24, 2.45) is 0 Å². The minimum Gasteiger partial charge on any atom is -0.310 e. The second-order valence-corrected chi connectivity index (χ2v) is 16.2. The Balaban J connectivity index is 1.13. The zero-order chi connectivity index (χ0) is 36.1. The van der Waals surface area contributed by atoms with Crippen LogP contribution >= 0.6 is 0 Å². The highest BCUT2D eigenvalue weighted by molar-refractivity contribution is 5.98. The number of hydrogen-bond donors (Lipinski definition) is 0. The summed E-state index contributed by atoms with van der Waals surface area (Å²) in [5.74, 6) is 0. The Labute approximate surface area is 324 Å². The maximum Gasteiger partial charge on any atom is 0.0722 e. The highest BCUT2D eigenvalue weighted by Gasteiger charge is 2.52. The number of benzene rings is 7. The van der Waals surface area contributed by atoms with Crippen LogP contribution in [0.25, 0.3) is 39.0 Å². The summed E-state index contributed by atoms with van der Waals surface area (Å²) in [4.78, 5) is 2.57. The minimum absolute atomic E-state index is 0.0833. The Kier molecular flexibility index (Phi) is 6.61. The van der Waals surface area contributed by atoms with Crippen LogP contribution in [0.3, 0.4) is 0 Å². The molecule has 55 heavy (non-hydrogen) atoms. The molecule has 0 heterocycles. The lowest BCUT2D eigenvalue weighted by atomic mass is 9.69. The maximum atomic E-state index is 2.57. The van der Waals surface area contributed by atoms with E-state index in [0.717, 1.165) is 12.8 Å². The molecule has 0 aliphatic heterocycles. The predicted octanol–water partition coefficient (Wildman–Crippen LogP) is 14.1. The van der Waals surface area contributed by atoms with Gasteiger partial charge >= 0.3 is 0 Å². The smallest absolute Gasteiger partial charge is 0.0722 e. The molecule has 5 aliphatic rings. The van der Waals surface area contributed by atoms with Gasteiger partial charge in [0, 0.05) is 22.4 Å². The standard InChI is InChI=1S/C54H41N/c1-2-16-36(17-3-1)39-18-8-13-27-52(39)55(37-28-30-44-40-19-4-9-23-46(40)53(50(44)34-37)32-14-15-33-53)38-29-31-45-43-22-7-12-26-49(43)54(51(45)35-38)47-24-10-5-20-41(47)42-21-6-11-25-48(42)54/h1-5,7-13,16-20,22-31,34-35H,6,14-15,21,32-33H2. The average Bonchev–Trinajstić information content (AvgIpc) is 4.01. The van der Waals surface area contributed by atoms with E-state index in [1.807, 2.05) is 0 Å². The van der Waals surface area contributed by atoms with Crippen LogP contribution in [-0.2, 0) is 10.8 Å². The predicted molar refractivity (Wildman–Crippen MR) is 228 cm³/mol. The summed E-state index contributed by atoms with van der Waals surface area (Å²) in [6.07, 6.45) is 12.0. The molecule has 1 nitrogen and oxygen atoms in total. The molecule has 0 N–H and O–H groups in total. The number of anilines is 3. The van der Waals surface area contributed by atoms with E-state index in [1.54, 1.807) is 0 Å². The molecular weight excluding hydrogens is 663 g/mol. The lowest BCUT2D eigenvalue weighted by molar-refractivity contribution is 0.550. The molecule has 1 heteroatoms. The van der Waals surface area contributed by atoms with Gasteiger partial charge in [-0.3, -0.25) is 0 Å². The molecule has 0 bridgehead atoms. The van der Waals surface area contributed by atoms with Gasteiger partial charge in [0.05, 0.1) is 11.1 Å². The lowest BCUT2D eigenvalue weighted by Crippen LogP contribution is -2.27. The lowest BCUT2D eigenvalue weighted by Gasteiger charge is -2.34. The second-order valence-electron chi connectivity index (χ2n) is 16.2. The summed E-state index contributed by atoms with van der Waals surface area (Å²) in [5, 5.41) is 0. The van der Waals surface area contributed by atoms with Crippen LogP contribution in [0.4, 0.5) is 17.1 Å². The average molecular weight is 704 g/mol. The SMILES string of the molecule is C1=CC2=C(CC1)c1ccccc1C21c2ccccc2-c2ccc(N(c3ccc4c(c3)C3(CCCC3)c3ccccc3-4)c3ccccc3-c3ccccc3)cc21. The van der Waals surface area contributed by atoms with Crippen molar-refractivity contribution in [3.63, 3.8) is 0 Å². The number of rotatable bonds is 4. The quantitative estimate of drug-likeness (QED) is 0.176. The van der Waals surface area contributed by atoms with Crippen molar-refractivity contribution in [3.05, 3.63) is 215 Å². The molecule has 0 aromatic heterocycles. The van der Waals surface area contributed by atoms with Gasteiger partial charge in [-0.25, -0.2) is 0 Å². The summed E-state index contributed by atoms with van der Waals surface area (Å²) in [6, 6.07) is 62.3. The fraction of sp³-hybridized carbons (Fsp3) is 0.148. The molecular formula is C54H41N. The number of allylic oxidation sites excluding steroid dienone is 4. The molecule has 1 saturated carbocycles. The van der Waals surface area contributed by atoms with Gasteiger partial charge < -0.3 is 4.90 Å². The first-order valence-corrected chi connectivity index (χ1v) is 20.2. The topological polar surface area (TPSA) is 3.24 Å². The van der Waals surface area contributed by atoms with Gasteiger partial charge in [0.25, 0.3) is 0 Å². The highest BCUT2D eigenvalue weighted by Crippen LogP contribution is 2.64. The molecule has 0 radical (unpaired) electrons. The number of nitrogens with zero attached hydrogens (tertiary/aromatic N) is 1. The third-order valence-corrected chi connectivity index (χ3v) is 13.7. The van der Waals surface area contributed by atoms with E-state index in [2.05, 4.69) is 181 Å². The Morgan fingerprint density at radius 3 is 1.73 bits per heavy atom. The minimum atomic E-state index is -0.358. The van der Waals surface area contributed by atoms with Crippen molar-refractivity contribution >= 4 is 22.6 Å². The zero-order valence-corrected chi connectivity index (χ0v) is 30.9. The molecule has 1 fully saturated rings. The van der Waals surface area contributed by atoms with Gasteiger partial charge in [0.2, 0.25) is 0 Å². The van der Waals surface area contributed by atoms with Crippen LogP contribution in [-0.4, -0.2) is 0 Å². The Morgan fingerprint density at radius 2 is 0.982 bits per heavy atom. The Bertz CT molecular complexity index is 2780. The molecule has 12 rings (SSSR count). The van der Waals surface area contributed by atoms with Gasteiger partial charge in [0.1, 0.15) is 0 Å². The second kappa shape index (κ2) is 11.7. The van der Waals surface area contributed by atoms with Gasteiger partial charge in [-0.2, -0.15) is 0 Å². The molecule has 1 atom stereocenters. The van der Waals surface area contributed by atoms with Crippen molar-refractivity contribution in [3.8, 4) is 33.4 Å². The van der Waals surface area contributed by atoms with Gasteiger partial charge in [0.15, 0.2) is 0 Å². The largest absolute Gasteiger partial charge is 0.310 e. The molecule has 262 valence electrons. The van der Waals surface area contributed by atoms with Crippen molar-refractivity contribution in [2.45, 2.75) is 49.4 Å². The van der Waals surface area contributed by atoms with Crippen molar-refractivity contribution in [1.29, 1.82) is 0 Å². The molecule has 2 spiro atoms. The zero-order valence-electron chi connectivity index (χ0n) is 30.9. The van der Waals surface area contributed by atoms with Crippen LogP contribution in [0.5, 0.6) is 0 Å². The van der Waals surface area contributed by atoms with E-state index in [0.29, 0.717) is 0 Å². The summed E-state index contributed by atoms with van der Waals surface area (Å²) >= 11 is 0. The Morgan fingerprint density at radius 1 is 0.436 bits per heavy atom. The normalized spacial score (nSPS) is 18.9. The molecule has 0 saturated heterocycles. The van der Waals surface area contributed by atoms with E-state index in [-0.39, 0.29) is 10.8 Å². The molecule has 7 aromatic rings. The monoisotopic (exact) mass is 703 g/mol. The summed E-state index contributed by atoms with van der Waals surface area (Å²) in [5.41, 5.74) is 22.9. The van der Waals surface area contributed by atoms with E-state index >= 15 is 0 Å². The van der Waals surface area contributed by atoms with Gasteiger partial charge in [-0.15, -0.1) is 0 Å². The fourth-order valence-electron chi connectivity index (χ4n) is 11.6. The number of fused-ring (bicyclic) bond motifs is 14. The summed E-state index contributed by atoms with van der Waals surface area (Å²) < 4.78 is 0. The first-order valence-electron chi connectivity index (χ1n) is 20.2. The molecule has 1 unspecified atom stereocenters. The maximum absolute atomic E-state index is 2.57. The van der Waals surface area contributed by atoms with Crippen molar-refractivity contribution < 1.29 is 0 Å². The van der Waals surface area contributed by atoms with Gasteiger partial charge in [-0.05, 0) is 128 Å². The Hall–Kier alpha value is -6.18. The first-order chi connectivity index (χ1) is 27.3. The van der Waals surface area contributed by atoms with Gasteiger partial charge in [-0.1, -0.05) is 158 Å². The third kappa shape index (κ3) is 4.13. The van der Waals surface area contributed by atoms with E-state index in [9.17, 15) is 0 Å². The van der Waals surface area contributed by atoms with Crippen LogP contribution in [0.15, 0.2) is 182 Å². The van der Waals surface area contributed by atoms with Crippen LogP contribution in [0, 0.1) is 0 Å². The van der Waals surface area contributed by atoms with Crippen LogP contribution < -0.4 is 4.90 Å². The molecule has 7 aromatic carbocycles.